The summed E-state index contributed by atoms with van der Waals surface area (Å²) in [7, 11) is 1.53. The quantitative estimate of drug-likeness (QED) is 0.388. The molecule has 150 valence electrons. The second-order valence-electron chi connectivity index (χ2n) is 6.82. The van der Waals surface area contributed by atoms with Crippen molar-refractivity contribution >= 4 is 38.5 Å². The van der Waals surface area contributed by atoms with Gasteiger partial charge in [0.1, 0.15) is 11.3 Å². The van der Waals surface area contributed by atoms with Gasteiger partial charge >= 0.3 is 5.63 Å². The van der Waals surface area contributed by atoms with Gasteiger partial charge in [-0.05, 0) is 54.4 Å². The van der Waals surface area contributed by atoms with E-state index in [9.17, 15) is 9.59 Å². The molecule has 0 aliphatic carbocycles. The van der Waals surface area contributed by atoms with Gasteiger partial charge in [-0.1, -0.05) is 46.3 Å². The highest BCUT2D eigenvalue weighted by Gasteiger charge is 2.16. The van der Waals surface area contributed by atoms with E-state index in [0.717, 1.165) is 15.4 Å². The molecule has 30 heavy (non-hydrogen) atoms. The zero-order chi connectivity index (χ0) is 21.3. The molecule has 4 rings (SSSR count). The van der Waals surface area contributed by atoms with Crippen LogP contribution in [0.25, 0.3) is 22.1 Å². The Labute approximate surface area is 181 Å². The highest BCUT2D eigenvalue weighted by molar-refractivity contribution is 9.10. The molecule has 0 fully saturated rings. The number of para-hydroxylation sites is 1. The maximum Gasteiger partial charge on any atom is 0.344 e. The van der Waals surface area contributed by atoms with Crippen LogP contribution in [-0.4, -0.2) is 13.0 Å². The van der Waals surface area contributed by atoms with E-state index in [1.54, 1.807) is 42.5 Å². The van der Waals surface area contributed by atoms with Crippen LogP contribution in [0.15, 0.2) is 80.4 Å². The van der Waals surface area contributed by atoms with E-state index in [2.05, 4.69) is 21.2 Å². The highest BCUT2D eigenvalue weighted by Crippen LogP contribution is 2.29. The third-order valence-electron chi connectivity index (χ3n) is 4.76. The molecule has 4 aromatic rings. The lowest BCUT2D eigenvalue weighted by molar-refractivity contribution is 0.102. The van der Waals surface area contributed by atoms with Crippen molar-refractivity contribution in [3.63, 3.8) is 0 Å². The molecule has 1 heterocycles. The molecule has 1 aromatic heterocycles. The molecule has 0 bridgehead atoms. The molecular weight excluding hydrogens is 446 g/mol. The molecule has 0 saturated carbocycles. The lowest BCUT2D eigenvalue weighted by Crippen LogP contribution is -2.14. The first-order valence-corrected chi connectivity index (χ1v) is 10.0. The Morgan fingerprint density at radius 3 is 2.63 bits per heavy atom. The highest BCUT2D eigenvalue weighted by atomic mass is 79.9. The van der Waals surface area contributed by atoms with Crippen LogP contribution in [0.5, 0.6) is 5.75 Å². The average molecular weight is 464 g/mol. The number of hydrogen-bond acceptors (Lipinski definition) is 4. The zero-order valence-corrected chi connectivity index (χ0v) is 17.9. The minimum Gasteiger partial charge on any atom is -0.496 e. The Hall–Kier alpha value is -3.38. The summed E-state index contributed by atoms with van der Waals surface area (Å²) in [4.78, 5) is 25.4. The maximum atomic E-state index is 12.9. The van der Waals surface area contributed by atoms with Crippen LogP contribution in [0, 0.1) is 6.92 Å². The van der Waals surface area contributed by atoms with Crippen molar-refractivity contribution in [2.24, 2.45) is 0 Å². The van der Waals surface area contributed by atoms with Gasteiger partial charge in [-0.15, -0.1) is 0 Å². The number of anilines is 1. The van der Waals surface area contributed by atoms with Gasteiger partial charge in [0.2, 0.25) is 0 Å². The van der Waals surface area contributed by atoms with Gasteiger partial charge in [0.25, 0.3) is 5.91 Å². The van der Waals surface area contributed by atoms with Crippen molar-refractivity contribution in [1.82, 2.24) is 0 Å². The Morgan fingerprint density at radius 1 is 1.03 bits per heavy atom. The van der Waals surface area contributed by atoms with Gasteiger partial charge in [0.15, 0.2) is 0 Å². The van der Waals surface area contributed by atoms with Gasteiger partial charge in [-0.2, -0.15) is 0 Å². The van der Waals surface area contributed by atoms with Crippen LogP contribution in [0.1, 0.15) is 15.9 Å². The topological polar surface area (TPSA) is 68.5 Å². The molecule has 0 radical (unpaired) electrons. The number of methoxy groups -OCH3 is 1. The number of ether oxygens (including phenoxy) is 1. The van der Waals surface area contributed by atoms with Crippen LogP contribution in [-0.2, 0) is 0 Å². The minimum absolute atomic E-state index is 0.307. The number of fused-ring (bicyclic) bond motifs is 1. The van der Waals surface area contributed by atoms with Gasteiger partial charge < -0.3 is 14.5 Å². The summed E-state index contributed by atoms with van der Waals surface area (Å²) in [5.41, 5.74) is 3.02. The predicted molar refractivity (Wildman–Crippen MR) is 121 cm³/mol. The van der Waals surface area contributed by atoms with Crippen LogP contribution in [0.3, 0.4) is 0 Å². The van der Waals surface area contributed by atoms with Crippen LogP contribution < -0.4 is 15.7 Å². The van der Waals surface area contributed by atoms with Gasteiger partial charge in [-0.25, -0.2) is 4.79 Å². The fourth-order valence-electron chi connectivity index (χ4n) is 3.40. The van der Waals surface area contributed by atoms with Crippen LogP contribution >= 0.6 is 15.9 Å². The van der Waals surface area contributed by atoms with Crippen molar-refractivity contribution in [1.29, 1.82) is 0 Å². The summed E-state index contributed by atoms with van der Waals surface area (Å²) in [6, 6.07) is 19.8. The molecule has 0 saturated heterocycles. The molecule has 0 spiro atoms. The molecular formula is C24H18BrNO4. The third-order valence-corrected chi connectivity index (χ3v) is 5.22. The van der Waals surface area contributed by atoms with Gasteiger partial charge in [0, 0.05) is 15.5 Å². The van der Waals surface area contributed by atoms with E-state index >= 15 is 0 Å². The number of halogens is 1. The number of hydrogen-bond donors (Lipinski definition) is 1. The number of aryl methyl sites for hydroxylation is 1. The third kappa shape index (κ3) is 3.86. The second kappa shape index (κ2) is 8.16. The average Bonchev–Trinajstić information content (AvgIpc) is 2.73. The number of benzene rings is 3. The van der Waals surface area contributed by atoms with Crippen molar-refractivity contribution in [3.8, 4) is 16.9 Å². The van der Waals surface area contributed by atoms with E-state index < -0.39 is 5.63 Å². The summed E-state index contributed by atoms with van der Waals surface area (Å²) in [5.74, 6) is 0.209. The SMILES string of the molecule is COc1c(C)cc(Br)cc1C(=O)Nc1cccc(-c2cc3ccccc3oc2=O)c1. The standard InChI is InChI=1S/C24H18BrNO4/c1-14-10-17(25)13-20(22(14)29-2)23(27)26-18-8-5-7-15(11-18)19-12-16-6-3-4-9-21(16)30-24(19)28/h3-13H,1-2H3,(H,26,27). The zero-order valence-electron chi connectivity index (χ0n) is 16.4. The van der Waals surface area contributed by atoms with E-state index in [4.69, 9.17) is 9.15 Å². The summed E-state index contributed by atoms with van der Waals surface area (Å²) >= 11 is 3.42. The molecule has 1 N–H and O–H groups in total. The summed E-state index contributed by atoms with van der Waals surface area (Å²) in [6.07, 6.45) is 0. The van der Waals surface area contributed by atoms with Crippen molar-refractivity contribution in [3.05, 3.63) is 92.7 Å². The monoisotopic (exact) mass is 463 g/mol. The summed E-state index contributed by atoms with van der Waals surface area (Å²) < 4.78 is 11.6. The number of carbonyl (C=O) groups is 1. The maximum absolute atomic E-state index is 12.9. The Balaban J connectivity index is 1.69. The van der Waals surface area contributed by atoms with Gasteiger partial charge in [-0.3, -0.25) is 4.79 Å². The molecule has 1 amide bonds. The van der Waals surface area contributed by atoms with E-state index in [1.165, 1.54) is 7.11 Å². The lowest BCUT2D eigenvalue weighted by atomic mass is 10.0. The van der Waals surface area contributed by atoms with E-state index in [0.29, 0.717) is 33.7 Å². The number of nitrogens with one attached hydrogen (secondary N) is 1. The minimum atomic E-state index is -0.429. The lowest BCUT2D eigenvalue weighted by Gasteiger charge is -2.13. The van der Waals surface area contributed by atoms with E-state index in [1.807, 2.05) is 31.2 Å². The Morgan fingerprint density at radius 2 is 1.83 bits per heavy atom. The Bertz CT molecular complexity index is 1330. The second-order valence-corrected chi connectivity index (χ2v) is 7.74. The Kier molecular flexibility index (Phi) is 5.42. The first-order chi connectivity index (χ1) is 14.5. The van der Waals surface area contributed by atoms with Crippen molar-refractivity contribution in [2.75, 3.05) is 12.4 Å². The first kappa shape index (κ1) is 19.9. The fraction of sp³-hybridized carbons (Fsp3) is 0.0833. The fourth-order valence-corrected chi connectivity index (χ4v) is 3.97. The normalized spacial score (nSPS) is 10.8. The molecule has 0 atom stereocenters. The molecule has 0 aliphatic heterocycles. The molecule has 6 heteroatoms. The number of carbonyl (C=O) groups excluding carboxylic acids is 1. The van der Waals surface area contributed by atoms with E-state index in [-0.39, 0.29) is 5.91 Å². The summed E-state index contributed by atoms with van der Waals surface area (Å²) in [6.45, 7) is 1.87. The number of amides is 1. The van der Waals surface area contributed by atoms with Crippen molar-refractivity contribution < 1.29 is 13.9 Å². The number of rotatable bonds is 4. The first-order valence-electron chi connectivity index (χ1n) is 9.25. The predicted octanol–water partition coefficient (Wildman–Crippen LogP) is 5.79. The van der Waals surface area contributed by atoms with Crippen molar-refractivity contribution in [2.45, 2.75) is 6.92 Å². The largest absolute Gasteiger partial charge is 0.496 e. The van der Waals surface area contributed by atoms with Crippen LogP contribution in [0.2, 0.25) is 0 Å². The van der Waals surface area contributed by atoms with Gasteiger partial charge in [0.05, 0.1) is 18.2 Å². The molecule has 3 aromatic carbocycles. The molecule has 0 unspecified atom stereocenters. The molecule has 5 nitrogen and oxygen atoms in total. The summed E-state index contributed by atoms with van der Waals surface area (Å²) in [5, 5.41) is 3.71. The van der Waals surface area contributed by atoms with Crippen LogP contribution in [0.4, 0.5) is 5.69 Å². The smallest absolute Gasteiger partial charge is 0.344 e. The molecule has 0 aliphatic rings.